The monoisotopic (exact) mass is 460 g/mol. The number of aromatic nitrogens is 1. The van der Waals surface area contributed by atoms with Crippen molar-refractivity contribution in [3.63, 3.8) is 0 Å². The summed E-state index contributed by atoms with van der Waals surface area (Å²) in [4.78, 5) is 9.25. The van der Waals surface area contributed by atoms with E-state index in [1.54, 1.807) is 23.7 Å². The number of sulfonamides is 1. The van der Waals surface area contributed by atoms with Crippen molar-refractivity contribution in [3.8, 4) is 5.75 Å². The highest BCUT2D eigenvalue weighted by molar-refractivity contribution is 7.89. The van der Waals surface area contributed by atoms with Gasteiger partial charge in [0.15, 0.2) is 0 Å². The number of ether oxygens (including phenoxy) is 1. The minimum Gasteiger partial charge on any atom is -0.494 e. The van der Waals surface area contributed by atoms with Gasteiger partial charge in [0.2, 0.25) is 10.0 Å². The third-order valence-corrected chi connectivity index (χ3v) is 7.68. The summed E-state index contributed by atoms with van der Waals surface area (Å²) in [5.74, 6) is 0.918. The van der Waals surface area contributed by atoms with Crippen LogP contribution in [0.5, 0.6) is 5.75 Å². The number of rotatable bonds is 10. The van der Waals surface area contributed by atoms with Crippen molar-refractivity contribution < 1.29 is 13.2 Å². The van der Waals surface area contributed by atoms with E-state index in [0.717, 1.165) is 61.7 Å². The number of nitrogens with zero attached hydrogens (tertiary/aromatic N) is 3. The molecule has 0 unspecified atom stereocenters. The number of thiazole rings is 1. The van der Waals surface area contributed by atoms with E-state index in [9.17, 15) is 8.42 Å². The molecule has 0 saturated carbocycles. The van der Waals surface area contributed by atoms with Gasteiger partial charge in [-0.3, -0.25) is 4.90 Å². The van der Waals surface area contributed by atoms with Gasteiger partial charge in [0, 0.05) is 45.8 Å². The first kappa shape index (κ1) is 22.2. The van der Waals surface area contributed by atoms with Crippen LogP contribution in [0.3, 0.4) is 0 Å². The molecular formula is C22H28N4O3S2. The van der Waals surface area contributed by atoms with Crippen molar-refractivity contribution in [2.75, 3.05) is 52.4 Å². The predicted molar refractivity (Wildman–Crippen MR) is 124 cm³/mol. The molecule has 0 spiro atoms. The molecule has 166 valence electrons. The van der Waals surface area contributed by atoms with Crippen LogP contribution >= 0.6 is 11.3 Å². The fraction of sp³-hybridized carbons (Fsp3) is 0.409. The first-order valence-electron chi connectivity index (χ1n) is 10.6. The summed E-state index contributed by atoms with van der Waals surface area (Å²) < 4.78 is 34.5. The van der Waals surface area contributed by atoms with Crippen molar-refractivity contribution in [3.05, 3.63) is 54.0 Å². The SMILES string of the molecule is O=S(=O)(NCCN1CCN(CCCOc2ccccc2)CC1)c1ccc2ncsc2c1. The second-order valence-electron chi connectivity index (χ2n) is 7.58. The maximum atomic E-state index is 12.6. The quantitative estimate of drug-likeness (QED) is 0.469. The molecule has 7 nitrogen and oxygen atoms in total. The molecule has 0 amide bonds. The second-order valence-corrected chi connectivity index (χ2v) is 10.2. The van der Waals surface area contributed by atoms with E-state index in [0.29, 0.717) is 18.0 Å². The van der Waals surface area contributed by atoms with Crippen molar-refractivity contribution in [1.29, 1.82) is 0 Å². The Morgan fingerprint density at radius 2 is 1.74 bits per heavy atom. The van der Waals surface area contributed by atoms with Crippen LogP contribution in [0.4, 0.5) is 0 Å². The van der Waals surface area contributed by atoms with Crippen LogP contribution in [0.25, 0.3) is 10.2 Å². The number of nitrogens with one attached hydrogen (secondary N) is 1. The van der Waals surface area contributed by atoms with Crippen molar-refractivity contribution in [2.45, 2.75) is 11.3 Å². The van der Waals surface area contributed by atoms with Crippen molar-refractivity contribution in [2.24, 2.45) is 0 Å². The largest absolute Gasteiger partial charge is 0.494 e. The van der Waals surface area contributed by atoms with Crippen LogP contribution in [0.15, 0.2) is 58.9 Å². The van der Waals surface area contributed by atoms with Gasteiger partial charge < -0.3 is 9.64 Å². The standard InChI is InChI=1S/C22H28N4O3S2/c27-31(28,20-7-8-21-22(17-20)30-18-23-21)24-9-11-26-14-12-25(13-15-26)10-4-16-29-19-5-2-1-3-6-19/h1-3,5-8,17-18,24H,4,9-16H2. The Labute approximate surface area is 187 Å². The van der Waals surface area contributed by atoms with Gasteiger partial charge in [-0.2, -0.15) is 0 Å². The van der Waals surface area contributed by atoms with Crippen molar-refractivity contribution >= 4 is 31.6 Å². The van der Waals surface area contributed by atoms with E-state index >= 15 is 0 Å². The van der Waals surface area contributed by atoms with Gasteiger partial charge in [0.1, 0.15) is 5.75 Å². The highest BCUT2D eigenvalue weighted by Crippen LogP contribution is 2.21. The van der Waals surface area contributed by atoms with E-state index in [1.165, 1.54) is 11.3 Å². The molecular weight excluding hydrogens is 432 g/mol. The predicted octanol–water partition coefficient (Wildman–Crippen LogP) is 2.66. The molecule has 2 heterocycles. The fourth-order valence-electron chi connectivity index (χ4n) is 3.66. The molecule has 0 radical (unpaired) electrons. The Bertz CT molecular complexity index is 1060. The molecule has 0 aliphatic carbocycles. The molecule has 1 saturated heterocycles. The number of hydrogen-bond donors (Lipinski definition) is 1. The molecule has 2 aromatic carbocycles. The fourth-order valence-corrected chi connectivity index (χ4v) is 5.49. The smallest absolute Gasteiger partial charge is 0.240 e. The molecule has 9 heteroatoms. The maximum Gasteiger partial charge on any atom is 0.240 e. The first-order valence-corrected chi connectivity index (χ1v) is 12.9. The summed E-state index contributed by atoms with van der Waals surface area (Å²) in [5, 5.41) is 0. The van der Waals surface area contributed by atoms with Crippen LogP contribution in [-0.2, 0) is 10.0 Å². The molecule has 1 aliphatic heterocycles. The summed E-state index contributed by atoms with van der Waals surface area (Å²) in [6.45, 7) is 6.77. The molecule has 4 rings (SSSR count). The Kier molecular flexibility index (Phi) is 7.52. The van der Waals surface area contributed by atoms with Gasteiger partial charge in [-0.25, -0.2) is 18.1 Å². The third kappa shape index (κ3) is 6.24. The van der Waals surface area contributed by atoms with Crippen LogP contribution < -0.4 is 9.46 Å². The van der Waals surface area contributed by atoms with Gasteiger partial charge in [0.25, 0.3) is 0 Å². The van der Waals surface area contributed by atoms with E-state index in [2.05, 4.69) is 19.5 Å². The lowest BCUT2D eigenvalue weighted by Crippen LogP contribution is -2.48. The number of fused-ring (bicyclic) bond motifs is 1. The summed E-state index contributed by atoms with van der Waals surface area (Å²) in [6, 6.07) is 15.0. The van der Waals surface area contributed by atoms with Crippen molar-refractivity contribution in [1.82, 2.24) is 19.5 Å². The van der Waals surface area contributed by atoms with Crippen LogP contribution in [0.2, 0.25) is 0 Å². The zero-order valence-corrected chi connectivity index (χ0v) is 19.1. The summed E-state index contributed by atoms with van der Waals surface area (Å²) in [5.41, 5.74) is 2.55. The Morgan fingerprint density at radius 3 is 2.52 bits per heavy atom. The lowest BCUT2D eigenvalue weighted by atomic mass is 10.3. The lowest BCUT2D eigenvalue weighted by molar-refractivity contribution is 0.128. The molecule has 0 atom stereocenters. The minimum atomic E-state index is -3.50. The highest BCUT2D eigenvalue weighted by Gasteiger charge is 2.18. The van der Waals surface area contributed by atoms with E-state index in [4.69, 9.17) is 4.74 Å². The zero-order chi connectivity index (χ0) is 21.5. The Morgan fingerprint density at radius 1 is 1.00 bits per heavy atom. The minimum absolute atomic E-state index is 0.298. The first-order chi connectivity index (χ1) is 15.1. The molecule has 1 N–H and O–H groups in total. The van der Waals surface area contributed by atoms with E-state index in [1.807, 2.05) is 30.3 Å². The number of benzene rings is 2. The third-order valence-electron chi connectivity index (χ3n) is 5.43. The van der Waals surface area contributed by atoms with Crippen LogP contribution in [0, 0.1) is 0 Å². The van der Waals surface area contributed by atoms with Gasteiger partial charge in [-0.15, -0.1) is 11.3 Å². The lowest BCUT2D eigenvalue weighted by Gasteiger charge is -2.34. The number of para-hydroxylation sites is 1. The second kappa shape index (κ2) is 10.5. The topological polar surface area (TPSA) is 74.8 Å². The van der Waals surface area contributed by atoms with Crippen LogP contribution in [0.1, 0.15) is 6.42 Å². The highest BCUT2D eigenvalue weighted by atomic mass is 32.2. The maximum absolute atomic E-state index is 12.6. The normalized spacial score (nSPS) is 16.0. The zero-order valence-electron chi connectivity index (χ0n) is 17.4. The average molecular weight is 461 g/mol. The molecule has 3 aromatic rings. The van der Waals surface area contributed by atoms with E-state index < -0.39 is 10.0 Å². The molecule has 1 fully saturated rings. The molecule has 0 bridgehead atoms. The average Bonchev–Trinajstić information content (AvgIpc) is 3.26. The van der Waals surface area contributed by atoms with Gasteiger partial charge in [-0.1, -0.05) is 18.2 Å². The summed E-state index contributed by atoms with van der Waals surface area (Å²) in [6.07, 6.45) is 0.999. The molecule has 1 aliphatic rings. The van der Waals surface area contributed by atoms with Gasteiger partial charge >= 0.3 is 0 Å². The summed E-state index contributed by atoms with van der Waals surface area (Å²) >= 11 is 1.45. The Hall–Kier alpha value is -2.04. The van der Waals surface area contributed by atoms with Gasteiger partial charge in [-0.05, 0) is 36.8 Å². The van der Waals surface area contributed by atoms with Gasteiger partial charge in [0.05, 0.1) is 27.2 Å². The summed E-state index contributed by atoms with van der Waals surface area (Å²) in [7, 11) is -3.50. The number of hydrogen-bond acceptors (Lipinski definition) is 7. The van der Waals surface area contributed by atoms with E-state index in [-0.39, 0.29) is 0 Å². The Balaban J connectivity index is 1.13. The molecule has 31 heavy (non-hydrogen) atoms. The molecule has 1 aromatic heterocycles. The number of piperazine rings is 1. The van der Waals surface area contributed by atoms with Crippen LogP contribution in [-0.4, -0.2) is 75.6 Å².